The SMILES string of the molecule is CC(N)Cn1cc(C(=O)NCc2cccc(=O)[nH]2)cn1. The van der Waals surface area contributed by atoms with Crippen LogP contribution < -0.4 is 16.6 Å². The van der Waals surface area contributed by atoms with Crippen molar-refractivity contribution in [2.75, 3.05) is 0 Å². The molecule has 2 aromatic rings. The third-order valence-electron chi connectivity index (χ3n) is 2.64. The average molecular weight is 275 g/mol. The lowest BCUT2D eigenvalue weighted by atomic mass is 10.3. The predicted molar refractivity (Wildman–Crippen MR) is 74.1 cm³/mol. The molecule has 1 unspecified atom stereocenters. The zero-order valence-electron chi connectivity index (χ0n) is 11.2. The number of hydrogen-bond acceptors (Lipinski definition) is 4. The molecule has 1 atom stereocenters. The Balaban J connectivity index is 1.95. The van der Waals surface area contributed by atoms with Crippen LogP contribution in [-0.4, -0.2) is 26.7 Å². The first-order chi connectivity index (χ1) is 9.54. The van der Waals surface area contributed by atoms with Crippen LogP contribution in [0.3, 0.4) is 0 Å². The van der Waals surface area contributed by atoms with E-state index in [2.05, 4.69) is 15.4 Å². The molecule has 2 heterocycles. The maximum Gasteiger partial charge on any atom is 0.254 e. The van der Waals surface area contributed by atoms with Gasteiger partial charge in [-0.1, -0.05) is 6.07 Å². The van der Waals surface area contributed by atoms with Gasteiger partial charge in [0.05, 0.1) is 24.8 Å². The van der Waals surface area contributed by atoms with Crippen molar-refractivity contribution in [1.29, 1.82) is 0 Å². The van der Waals surface area contributed by atoms with Crippen molar-refractivity contribution in [1.82, 2.24) is 20.1 Å². The molecule has 0 fully saturated rings. The first-order valence-electron chi connectivity index (χ1n) is 6.29. The number of amides is 1. The van der Waals surface area contributed by atoms with Crippen LogP contribution in [0.25, 0.3) is 0 Å². The summed E-state index contributed by atoms with van der Waals surface area (Å²) in [6, 6.07) is 4.77. The molecule has 0 aliphatic carbocycles. The number of pyridine rings is 1. The summed E-state index contributed by atoms with van der Waals surface area (Å²) in [5.74, 6) is -0.245. The van der Waals surface area contributed by atoms with E-state index < -0.39 is 0 Å². The van der Waals surface area contributed by atoms with Gasteiger partial charge in [-0.2, -0.15) is 5.10 Å². The second-order valence-electron chi connectivity index (χ2n) is 4.65. The molecule has 0 bridgehead atoms. The van der Waals surface area contributed by atoms with Gasteiger partial charge in [0.1, 0.15) is 0 Å². The molecule has 7 nitrogen and oxygen atoms in total. The van der Waals surface area contributed by atoms with Crippen molar-refractivity contribution in [3.63, 3.8) is 0 Å². The number of carbonyl (C=O) groups excluding carboxylic acids is 1. The van der Waals surface area contributed by atoms with Gasteiger partial charge in [-0.05, 0) is 13.0 Å². The monoisotopic (exact) mass is 275 g/mol. The molecule has 1 amide bonds. The molecule has 4 N–H and O–H groups in total. The van der Waals surface area contributed by atoms with Crippen LogP contribution in [0.2, 0.25) is 0 Å². The standard InChI is InChI=1S/C13H17N5O2/c1-9(14)7-18-8-10(5-16-18)13(20)15-6-11-3-2-4-12(19)17-11/h2-5,8-9H,6-7,14H2,1H3,(H,15,20)(H,17,19). The van der Waals surface area contributed by atoms with Crippen molar-refractivity contribution in [2.24, 2.45) is 5.73 Å². The molecule has 0 aliphatic heterocycles. The summed E-state index contributed by atoms with van der Waals surface area (Å²) in [5.41, 5.74) is 6.58. The molecule has 2 aromatic heterocycles. The van der Waals surface area contributed by atoms with Crippen molar-refractivity contribution in [3.8, 4) is 0 Å². The minimum absolute atomic E-state index is 0.0276. The van der Waals surface area contributed by atoms with E-state index in [0.29, 0.717) is 17.8 Å². The van der Waals surface area contributed by atoms with Gasteiger partial charge in [-0.3, -0.25) is 14.3 Å². The first kappa shape index (κ1) is 14.0. The van der Waals surface area contributed by atoms with E-state index in [-0.39, 0.29) is 24.1 Å². The van der Waals surface area contributed by atoms with Gasteiger partial charge in [0, 0.05) is 24.0 Å². The number of nitrogens with two attached hydrogens (primary N) is 1. The van der Waals surface area contributed by atoms with Gasteiger partial charge in [0.25, 0.3) is 5.91 Å². The number of nitrogens with one attached hydrogen (secondary N) is 2. The number of rotatable bonds is 5. The summed E-state index contributed by atoms with van der Waals surface area (Å²) in [5, 5.41) is 6.78. The van der Waals surface area contributed by atoms with Crippen molar-refractivity contribution in [3.05, 3.63) is 52.2 Å². The van der Waals surface area contributed by atoms with Crippen LogP contribution in [0.15, 0.2) is 35.4 Å². The first-order valence-corrected chi connectivity index (χ1v) is 6.29. The predicted octanol–water partition coefficient (Wildman–Crippen LogP) is -0.151. The Morgan fingerprint density at radius 2 is 2.35 bits per heavy atom. The Morgan fingerprint density at radius 3 is 3.05 bits per heavy atom. The normalized spacial score (nSPS) is 12.1. The maximum atomic E-state index is 11.9. The van der Waals surface area contributed by atoms with Crippen LogP contribution in [0.5, 0.6) is 0 Å². The van der Waals surface area contributed by atoms with Crippen LogP contribution >= 0.6 is 0 Å². The highest BCUT2D eigenvalue weighted by molar-refractivity contribution is 5.93. The Kier molecular flexibility index (Phi) is 4.31. The van der Waals surface area contributed by atoms with Gasteiger partial charge in [0.2, 0.25) is 5.56 Å². The van der Waals surface area contributed by atoms with Gasteiger partial charge in [-0.15, -0.1) is 0 Å². The summed E-state index contributed by atoms with van der Waals surface area (Å²) in [7, 11) is 0. The molecule has 2 rings (SSSR count). The van der Waals surface area contributed by atoms with Gasteiger partial charge in [0.15, 0.2) is 0 Å². The summed E-state index contributed by atoms with van der Waals surface area (Å²) in [6.45, 7) is 2.68. The molecule has 0 saturated carbocycles. The van der Waals surface area contributed by atoms with Crippen LogP contribution in [0, 0.1) is 0 Å². The molecule has 0 radical (unpaired) electrons. The molecule has 0 aromatic carbocycles. The lowest BCUT2D eigenvalue weighted by Gasteiger charge is -2.04. The number of carbonyl (C=O) groups is 1. The number of aromatic amines is 1. The number of nitrogens with zero attached hydrogens (tertiary/aromatic N) is 2. The summed E-state index contributed by atoms with van der Waals surface area (Å²) >= 11 is 0. The zero-order valence-corrected chi connectivity index (χ0v) is 11.2. The topological polar surface area (TPSA) is 106 Å². The molecule has 106 valence electrons. The highest BCUT2D eigenvalue weighted by Gasteiger charge is 2.09. The minimum Gasteiger partial charge on any atom is -0.346 e. The number of hydrogen-bond donors (Lipinski definition) is 3. The Morgan fingerprint density at radius 1 is 1.55 bits per heavy atom. The quantitative estimate of drug-likeness (QED) is 0.705. The van der Waals surface area contributed by atoms with Crippen molar-refractivity contribution in [2.45, 2.75) is 26.1 Å². The fourth-order valence-electron chi connectivity index (χ4n) is 1.75. The minimum atomic E-state index is -0.245. The summed E-state index contributed by atoms with van der Waals surface area (Å²) in [6.07, 6.45) is 3.14. The van der Waals surface area contributed by atoms with E-state index in [0.717, 1.165) is 0 Å². The number of H-pyrrole nitrogens is 1. The van der Waals surface area contributed by atoms with Crippen molar-refractivity contribution >= 4 is 5.91 Å². The third-order valence-corrected chi connectivity index (χ3v) is 2.64. The molecule has 0 aliphatic rings. The van der Waals surface area contributed by atoms with Crippen LogP contribution in [-0.2, 0) is 13.1 Å². The Labute approximate surface area is 115 Å². The van der Waals surface area contributed by atoms with E-state index in [1.807, 2.05) is 6.92 Å². The molecular formula is C13H17N5O2. The third kappa shape index (κ3) is 3.79. The van der Waals surface area contributed by atoms with Gasteiger partial charge >= 0.3 is 0 Å². The van der Waals surface area contributed by atoms with Crippen molar-refractivity contribution < 1.29 is 4.79 Å². The van der Waals surface area contributed by atoms with E-state index in [9.17, 15) is 9.59 Å². The lowest BCUT2D eigenvalue weighted by Crippen LogP contribution is -2.24. The lowest BCUT2D eigenvalue weighted by molar-refractivity contribution is 0.0950. The molecule has 7 heteroatoms. The molecule has 0 spiro atoms. The summed E-state index contributed by atoms with van der Waals surface area (Å²) < 4.78 is 1.63. The Bertz CT molecular complexity index is 644. The van der Waals surface area contributed by atoms with Gasteiger partial charge in [-0.25, -0.2) is 0 Å². The highest BCUT2D eigenvalue weighted by Crippen LogP contribution is 1.99. The smallest absolute Gasteiger partial charge is 0.254 e. The van der Waals surface area contributed by atoms with E-state index in [1.54, 1.807) is 23.0 Å². The zero-order chi connectivity index (χ0) is 14.5. The highest BCUT2D eigenvalue weighted by atomic mass is 16.1. The van der Waals surface area contributed by atoms with Gasteiger partial charge < -0.3 is 16.0 Å². The maximum absolute atomic E-state index is 11.9. The fraction of sp³-hybridized carbons (Fsp3) is 0.308. The molecular weight excluding hydrogens is 258 g/mol. The van der Waals surface area contributed by atoms with E-state index in [1.165, 1.54) is 12.3 Å². The second-order valence-corrected chi connectivity index (χ2v) is 4.65. The second kappa shape index (κ2) is 6.16. The van der Waals surface area contributed by atoms with E-state index in [4.69, 9.17) is 5.73 Å². The fourth-order valence-corrected chi connectivity index (χ4v) is 1.75. The van der Waals surface area contributed by atoms with Crippen LogP contribution in [0.4, 0.5) is 0 Å². The largest absolute Gasteiger partial charge is 0.346 e. The molecule has 20 heavy (non-hydrogen) atoms. The van der Waals surface area contributed by atoms with Crippen LogP contribution in [0.1, 0.15) is 23.0 Å². The average Bonchev–Trinajstić information content (AvgIpc) is 2.84. The van der Waals surface area contributed by atoms with E-state index >= 15 is 0 Å². The molecule has 0 saturated heterocycles. The summed E-state index contributed by atoms with van der Waals surface area (Å²) in [4.78, 5) is 25.7. The number of aromatic nitrogens is 3. The Hall–Kier alpha value is -2.41.